The van der Waals surface area contributed by atoms with Crippen LogP contribution in [0.1, 0.15) is 6.42 Å². The van der Waals surface area contributed by atoms with E-state index in [-0.39, 0.29) is 28.4 Å². The Morgan fingerprint density at radius 1 is 1.29 bits per heavy atom. The Kier molecular flexibility index (Phi) is 6.12. The van der Waals surface area contributed by atoms with E-state index in [0.29, 0.717) is 31.0 Å². The van der Waals surface area contributed by atoms with Crippen LogP contribution in [0.5, 0.6) is 11.5 Å². The van der Waals surface area contributed by atoms with Gasteiger partial charge in [-0.1, -0.05) is 11.6 Å². The van der Waals surface area contributed by atoms with Crippen molar-refractivity contribution in [3.63, 3.8) is 0 Å². The lowest BCUT2D eigenvalue weighted by Crippen LogP contribution is -2.32. The van der Waals surface area contributed by atoms with Gasteiger partial charge in [-0.25, -0.2) is 8.42 Å². The van der Waals surface area contributed by atoms with Gasteiger partial charge in [-0.15, -0.1) is 12.4 Å². The first-order valence-corrected chi connectivity index (χ1v) is 7.89. The van der Waals surface area contributed by atoms with Crippen molar-refractivity contribution in [2.45, 2.75) is 17.4 Å². The van der Waals surface area contributed by atoms with Crippen LogP contribution in [0.25, 0.3) is 0 Å². The molecular weight excluding hydrogens is 339 g/mol. The molecule has 120 valence electrons. The van der Waals surface area contributed by atoms with Crippen molar-refractivity contribution < 1.29 is 17.9 Å². The minimum absolute atomic E-state index is 0. The van der Waals surface area contributed by atoms with Gasteiger partial charge in [0, 0.05) is 31.3 Å². The van der Waals surface area contributed by atoms with Crippen molar-refractivity contribution in [3.8, 4) is 11.5 Å². The Morgan fingerprint density at radius 2 is 1.86 bits per heavy atom. The highest BCUT2D eigenvalue weighted by molar-refractivity contribution is 7.89. The average Bonchev–Trinajstić information content (AvgIpc) is 2.85. The molecule has 1 heterocycles. The lowest BCUT2D eigenvalue weighted by molar-refractivity contribution is 0.353. The largest absolute Gasteiger partial charge is 0.493 e. The third kappa shape index (κ3) is 3.54. The molecule has 9 heteroatoms. The van der Waals surface area contributed by atoms with Gasteiger partial charge in [0.2, 0.25) is 10.0 Å². The van der Waals surface area contributed by atoms with E-state index in [9.17, 15) is 8.42 Å². The number of halogens is 2. The zero-order chi connectivity index (χ0) is 14.9. The first kappa shape index (κ1) is 18.3. The van der Waals surface area contributed by atoms with Gasteiger partial charge in [-0.05, 0) is 6.42 Å². The van der Waals surface area contributed by atoms with Crippen molar-refractivity contribution >= 4 is 34.0 Å². The van der Waals surface area contributed by atoms with Gasteiger partial charge < -0.3 is 15.2 Å². The second kappa shape index (κ2) is 7.02. The zero-order valence-corrected chi connectivity index (χ0v) is 14.1. The van der Waals surface area contributed by atoms with Gasteiger partial charge >= 0.3 is 0 Å². The molecule has 0 saturated carbocycles. The number of sulfonamides is 1. The molecule has 6 nitrogen and oxygen atoms in total. The van der Waals surface area contributed by atoms with E-state index in [1.807, 2.05) is 0 Å². The van der Waals surface area contributed by atoms with Gasteiger partial charge in [0.25, 0.3) is 0 Å². The summed E-state index contributed by atoms with van der Waals surface area (Å²) < 4.78 is 36.7. The predicted molar refractivity (Wildman–Crippen MR) is 83.2 cm³/mol. The minimum atomic E-state index is -3.67. The topological polar surface area (TPSA) is 81.9 Å². The Hall–Kier alpha value is -0.730. The van der Waals surface area contributed by atoms with Gasteiger partial charge in [-0.2, -0.15) is 4.31 Å². The molecule has 1 aliphatic rings. The molecule has 2 N–H and O–H groups in total. The van der Waals surface area contributed by atoms with Crippen LogP contribution < -0.4 is 15.2 Å². The van der Waals surface area contributed by atoms with E-state index < -0.39 is 10.0 Å². The van der Waals surface area contributed by atoms with Crippen LogP contribution in [0.15, 0.2) is 17.0 Å². The molecule has 0 spiro atoms. The molecule has 2 rings (SSSR count). The number of benzene rings is 1. The van der Waals surface area contributed by atoms with E-state index in [0.717, 1.165) is 0 Å². The zero-order valence-electron chi connectivity index (χ0n) is 11.7. The summed E-state index contributed by atoms with van der Waals surface area (Å²) >= 11 is 6.06. The van der Waals surface area contributed by atoms with Crippen LogP contribution >= 0.6 is 24.0 Å². The lowest BCUT2D eigenvalue weighted by atomic mass is 10.3. The van der Waals surface area contributed by atoms with Crippen LogP contribution in [-0.2, 0) is 10.0 Å². The monoisotopic (exact) mass is 356 g/mol. The predicted octanol–water partition coefficient (Wildman–Crippen LogP) is 1.50. The quantitative estimate of drug-likeness (QED) is 0.883. The average molecular weight is 357 g/mol. The number of nitrogens with zero attached hydrogens (tertiary/aromatic N) is 1. The molecule has 21 heavy (non-hydrogen) atoms. The Labute approximate surface area is 135 Å². The Bertz CT molecular complexity index is 610. The number of nitrogens with two attached hydrogens (primary N) is 1. The van der Waals surface area contributed by atoms with Gasteiger partial charge in [-0.3, -0.25) is 0 Å². The Morgan fingerprint density at radius 3 is 2.33 bits per heavy atom. The summed E-state index contributed by atoms with van der Waals surface area (Å²) in [6.07, 6.45) is 0.643. The molecule has 0 aromatic heterocycles. The summed E-state index contributed by atoms with van der Waals surface area (Å²) in [4.78, 5) is 0.00548. The van der Waals surface area contributed by atoms with E-state index in [2.05, 4.69) is 0 Å². The first-order chi connectivity index (χ1) is 9.40. The normalized spacial score (nSPS) is 19.1. The standard InChI is InChI=1S/C12H17ClN2O4S.ClH/c1-18-10-5-9(13)12(6-11(10)19-2)20(16,17)15-4-3-8(14)7-15;/h5-6,8H,3-4,7,14H2,1-2H3;1H/t8-;/m1./s1. The molecule has 1 aromatic rings. The van der Waals surface area contributed by atoms with Crippen LogP contribution in [0.3, 0.4) is 0 Å². The highest BCUT2D eigenvalue weighted by Gasteiger charge is 2.33. The fourth-order valence-corrected chi connectivity index (χ4v) is 4.16. The molecule has 1 atom stereocenters. The van der Waals surface area contributed by atoms with Crippen LogP contribution in [0.4, 0.5) is 0 Å². The van der Waals surface area contributed by atoms with Gasteiger partial charge in [0.05, 0.1) is 19.2 Å². The van der Waals surface area contributed by atoms with E-state index in [1.165, 1.54) is 30.7 Å². The number of rotatable bonds is 4. The van der Waals surface area contributed by atoms with Crippen molar-refractivity contribution in [1.82, 2.24) is 4.31 Å². The molecule has 0 amide bonds. The fraction of sp³-hybridized carbons (Fsp3) is 0.500. The molecule has 0 bridgehead atoms. The van der Waals surface area contributed by atoms with Gasteiger partial charge in [0.1, 0.15) is 4.90 Å². The summed E-state index contributed by atoms with van der Waals surface area (Å²) in [7, 11) is -0.775. The van der Waals surface area contributed by atoms with E-state index in [1.54, 1.807) is 0 Å². The Balaban J connectivity index is 0.00000220. The maximum absolute atomic E-state index is 12.6. The SMILES string of the molecule is COc1cc(Cl)c(S(=O)(=O)N2CC[C@@H](N)C2)cc1OC.Cl. The van der Waals surface area contributed by atoms with E-state index >= 15 is 0 Å². The molecule has 0 aliphatic carbocycles. The van der Waals surface area contributed by atoms with Crippen molar-refractivity contribution in [1.29, 1.82) is 0 Å². The van der Waals surface area contributed by atoms with Crippen LogP contribution in [0.2, 0.25) is 5.02 Å². The summed E-state index contributed by atoms with van der Waals surface area (Å²) in [6.45, 7) is 0.696. The number of ether oxygens (including phenoxy) is 2. The maximum atomic E-state index is 12.6. The second-order valence-corrected chi connectivity index (χ2v) is 6.86. The third-order valence-corrected chi connectivity index (χ3v) is 5.57. The number of hydrogen-bond donors (Lipinski definition) is 1. The molecule has 1 saturated heterocycles. The molecule has 1 aliphatic heterocycles. The van der Waals surface area contributed by atoms with Crippen LogP contribution in [-0.4, -0.2) is 46.1 Å². The van der Waals surface area contributed by atoms with Crippen molar-refractivity contribution in [3.05, 3.63) is 17.2 Å². The van der Waals surface area contributed by atoms with Gasteiger partial charge in [0.15, 0.2) is 11.5 Å². The van der Waals surface area contributed by atoms with Crippen molar-refractivity contribution in [2.75, 3.05) is 27.3 Å². The maximum Gasteiger partial charge on any atom is 0.244 e. The molecular formula is C12H18Cl2N2O4S. The molecule has 1 fully saturated rings. The smallest absolute Gasteiger partial charge is 0.244 e. The first-order valence-electron chi connectivity index (χ1n) is 6.07. The highest BCUT2D eigenvalue weighted by atomic mass is 35.5. The van der Waals surface area contributed by atoms with Crippen molar-refractivity contribution in [2.24, 2.45) is 5.73 Å². The number of hydrogen-bond acceptors (Lipinski definition) is 5. The third-order valence-electron chi connectivity index (χ3n) is 3.24. The summed E-state index contributed by atoms with van der Waals surface area (Å²) in [5.41, 5.74) is 5.76. The fourth-order valence-electron chi connectivity index (χ4n) is 2.14. The summed E-state index contributed by atoms with van der Waals surface area (Å²) in [5, 5.41) is 0.100. The molecule has 0 unspecified atom stereocenters. The summed E-state index contributed by atoms with van der Waals surface area (Å²) in [6, 6.07) is 2.67. The van der Waals surface area contributed by atoms with Crippen LogP contribution in [0, 0.1) is 0 Å². The summed E-state index contributed by atoms with van der Waals surface area (Å²) in [5.74, 6) is 0.702. The van der Waals surface area contributed by atoms with E-state index in [4.69, 9.17) is 26.8 Å². The highest BCUT2D eigenvalue weighted by Crippen LogP contribution is 2.37. The molecule has 1 aromatic carbocycles. The number of methoxy groups -OCH3 is 2. The lowest BCUT2D eigenvalue weighted by Gasteiger charge is -2.18. The minimum Gasteiger partial charge on any atom is -0.493 e. The molecule has 0 radical (unpaired) electrons. The second-order valence-electron chi connectivity index (χ2n) is 4.55.